The summed E-state index contributed by atoms with van der Waals surface area (Å²) >= 11 is 0. The molecule has 0 fully saturated rings. The number of ether oxygens (including phenoxy) is 1. The van der Waals surface area contributed by atoms with E-state index in [4.69, 9.17) is 0 Å². The number of tetrazole rings is 1. The number of rotatable bonds is 5. The number of nitrogens with zero attached hydrogens (tertiary/aromatic N) is 4. The second kappa shape index (κ2) is 6.04. The summed E-state index contributed by atoms with van der Waals surface area (Å²) in [5.74, 6) is -0.368. The zero-order valence-electron chi connectivity index (χ0n) is 10.5. The van der Waals surface area contributed by atoms with Gasteiger partial charge in [0.15, 0.2) is 0 Å². The van der Waals surface area contributed by atoms with Crippen molar-refractivity contribution in [3.05, 3.63) is 35.7 Å². The Morgan fingerprint density at radius 2 is 2.10 bits per heavy atom. The van der Waals surface area contributed by atoms with E-state index in [1.54, 1.807) is 19.2 Å². The SMILES string of the molecule is CN(Cc1ccc(OC(F)F)cc1)C(=O)c1nn[nH]n1. The topological polar surface area (TPSA) is 84.0 Å². The predicted octanol–water partition coefficient (Wildman–Crippen LogP) is 1.07. The first kappa shape index (κ1) is 13.8. The highest BCUT2D eigenvalue weighted by atomic mass is 19.3. The molecule has 1 heterocycles. The number of aromatic amines is 1. The number of carbonyl (C=O) groups is 1. The fourth-order valence-electron chi connectivity index (χ4n) is 1.55. The third-order valence-corrected chi connectivity index (χ3v) is 2.45. The van der Waals surface area contributed by atoms with Crippen molar-refractivity contribution >= 4 is 5.91 Å². The van der Waals surface area contributed by atoms with E-state index in [-0.39, 0.29) is 18.1 Å². The first-order valence-corrected chi connectivity index (χ1v) is 5.59. The molecule has 0 saturated carbocycles. The normalized spacial score (nSPS) is 10.6. The fraction of sp³-hybridized carbons (Fsp3) is 0.273. The van der Waals surface area contributed by atoms with Gasteiger partial charge in [-0.05, 0) is 22.9 Å². The number of amides is 1. The molecular weight excluding hydrogens is 272 g/mol. The highest BCUT2D eigenvalue weighted by Crippen LogP contribution is 2.16. The molecule has 1 aromatic heterocycles. The van der Waals surface area contributed by atoms with Crippen LogP contribution in [0.25, 0.3) is 0 Å². The first-order chi connectivity index (χ1) is 9.56. The number of alkyl halides is 2. The van der Waals surface area contributed by atoms with Crippen molar-refractivity contribution in [1.29, 1.82) is 0 Å². The average Bonchev–Trinajstić information content (AvgIpc) is 2.93. The molecule has 0 saturated heterocycles. The minimum absolute atomic E-state index is 0.0369. The standard InChI is InChI=1S/C11H11F2N5O2/c1-18(10(19)9-14-16-17-15-9)6-7-2-4-8(5-3-7)20-11(12)13/h2-5,11H,6H2,1H3,(H,14,15,16,17). The molecule has 1 aromatic carbocycles. The van der Waals surface area contributed by atoms with Crippen LogP contribution in [0.15, 0.2) is 24.3 Å². The second-order valence-corrected chi connectivity index (χ2v) is 3.92. The fourth-order valence-corrected chi connectivity index (χ4v) is 1.55. The van der Waals surface area contributed by atoms with Crippen LogP contribution in [0.1, 0.15) is 16.2 Å². The molecule has 0 spiro atoms. The van der Waals surface area contributed by atoms with Crippen LogP contribution >= 0.6 is 0 Å². The molecule has 1 N–H and O–H groups in total. The Labute approximate surface area is 112 Å². The molecule has 1 amide bonds. The van der Waals surface area contributed by atoms with Gasteiger partial charge in [0.25, 0.3) is 11.7 Å². The van der Waals surface area contributed by atoms with E-state index in [0.29, 0.717) is 0 Å². The molecule has 2 rings (SSSR count). The lowest BCUT2D eigenvalue weighted by molar-refractivity contribution is -0.0498. The third kappa shape index (κ3) is 3.46. The lowest BCUT2D eigenvalue weighted by Gasteiger charge is -2.15. The van der Waals surface area contributed by atoms with Gasteiger partial charge in [0.05, 0.1) is 0 Å². The molecule has 9 heteroatoms. The smallest absolute Gasteiger partial charge is 0.387 e. The number of hydrogen-bond donors (Lipinski definition) is 1. The van der Waals surface area contributed by atoms with Crippen LogP contribution < -0.4 is 4.74 Å². The van der Waals surface area contributed by atoms with E-state index in [9.17, 15) is 13.6 Å². The highest BCUT2D eigenvalue weighted by Gasteiger charge is 2.16. The van der Waals surface area contributed by atoms with Crippen molar-refractivity contribution in [2.75, 3.05) is 7.05 Å². The van der Waals surface area contributed by atoms with Crippen LogP contribution in [0, 0.1) is 0 Å². The molecule has 0 atom stereocenters. The number of benzene rings is 1. The van der Waals surface area contributed by atoms with E-state index in [2.05, 4.69) is 25.4 Å². The van der Waals surface area contributed by atoms with Gasteiger partial charge in [-0.25, -0.2) is 0 Å². The minimum Gasteiger partial charge on any atom is -0.435 e. The summed E-state index contributed by atoms with van der Waals surface area (Å²) in [6.45, 7) is -2.58. The molecular formula is C11H11F2N5O2. The van der Waals surface area contributed by atoms with Crippen molar-refractivity contribution in [3.63, 3.8) is 0 Å². The van der Waals surface area contributed by atoms with E-state index in [1.807, 2.05) is 0 Å². The zero-order chi connectivity index (χ0) is 14.5. The number of hydrogen-bond acceptors (Lipinski definition) is 5. The number of halogens is 2. The molecule has 2 aromatic rings. The molecule has 106 valence electrons. The molecule has 0 aliphatic rings. The van der Waals surface area contributed by atoms with Gasteiger partial charge in [0.2, 0.25) is 0 Å². The van der Waals surface area contributed by atoms with Crippen LogP contribution in [0.4, 0.5) is 8.78 Å². The van der Waals surface area contributed by atoms with Crippen molar-refractivity contribution in [2.24, 2.45) is 0 Å². The maximum atomic E-state index is 12.0. The highest BCUT2D eigenvalue weighted by molar-refractivity contribution is 5.89. The van der Waals surface area contributed by atoms with E-state index in [1.165, 1.54) is 17.0 Å². The van der Waals surface area contributed by atoms with Crippen LogP contribution in [0.5, 0.6) is 5.75 Å². The summed E-state index contributed by atoms with van der Waals surface area (Å²) in [6.07, 6.45) is 0. The Morgan fingerprint density at radius 3 is 2.65 bits per heavy atom. The summed E-state index contributed by atoms with van der Waals surface area (Å²) < 4.78 is 28.2. The summed E-state index contributed by atoms with van der Waals surface area (Å²) in [7, 11) is 1.57. The Kier molecular flexibility index (Phi) is 4.18. The average molecular weight is 283 g/mol. The minimum atomic E-state index is -2.86. The Bertz CT molecular complexity index is 559. The van der Waals surface area contributed by atoms with Gasteiger partial charge in [-0.15, -0.1) is 10.2 Å². The Hall–Kier alpha value is -2.58. The van der Waals surface area contributed by atoms with Gasteiger partial charge in [-0.1, -0.05) is 12.1 Å². The molecule has 0 radical (unpaired) electrons. The summed E-state index contributed by atoms with van der Waals surface area (Å²) in [6, 6.07) is 6.01. The lowest BCUT2D eigenvalue weighted by Crippen LogP contribution is -2.27. The van der Waals surface area contributed by atoms with Gasteiger partial charge in [0, 0.05) is 13.6 Å². The number of carbonyl (C=O) groups excluding carboxylic acids is 1. The number of aromatic nitrogens is 4. The van der Waals surface area contributed by atoms with Crippen molar-refractivity contribution < 1.29 is 18.3 Å². The van der Waals surface area contributed by atoms with Crippen molar-refractivity contribution in [3.8, 4) is 5.75 Å². The number of nitrogens with one attached hydrogen (secondary N) is 1. The summed E-state index contributed by atoms with van der Waals surface area (Å²) in [4.78, 5) is 13.2. The van der Waals surface area contributed by atoms with E-state index in [0.717, 1.165) is 5.56 Å². The van der Waals surface area contributed by atoms with Crippen molar-refractivity contribution in [2.45, 2.75) is 13.2 Å². The van der Waals surface area contributed by atoms with Crippen LogP contribution in [0.3, 0.4) is 0 Å². The van der Waals surface area contributed by atoms with Gasteiger partial charge >= 0.3 is 6.61 Å². The van der Waals surface area contributed by atoms with Gasteiger partial charge < -0.3 is 9.64 Å². The molecule has 0 aliphatic heterocycles. The van der Waals surface area contributed by atoms with Crippen molar-refractivity contribution in [1.82, 2.24) is 25.5 Å². The van der Waals surface area contributed by atoms with E-state index < -0.39 is 12.5 Å². The maximum Gasteiger partial charge on any atom is 0.387 e. The van der Waals surface area contributed by atoms with Gasteiger partial charge in [-0.3, -0.25) is 4.79 Å². The lowest BCUT2D eigenvalue weighted by atomic mass is 10.2. The monoisotopic (exact) mass is 283 g/mol. The molecule has 20 heavy (non-hydrogen) atoms. The van der Waals surface area contributed by atoms with Gasteiger partial charge in [0.1, 0.15) is 5.75 Å². The largest absolute Gasteiger partial charge is 0.435 e. The number of H-pyrrole nitrogens is 1. The first-order valence-electron chi connectivity index (χ1n) is 5.59. The van der Waals surface area contributed by atoms with Crippen LogP contribution in [0.2, 0.25) is 0 Å². The molecule has 0 aliphatic carbocycles. The van der Waals surface area contributed by atoms with E-state index >= 15 is 0 Å². The quantitative estimate of drug-likeness (QED) is 0.887. The maximum absolute atomic E-state index is 12.0. The molecule has 0 bridgehead atoms. The second-order valence-electron chi connectivity index (χ2n) is 3.92. The summed E-state index contributed by atoms with van der Waals surface area (Å²) in [5, 5.41) is 12.7. The van der Waals surface area contributed by atoms with Gasteiger partial charge in [-0.2, -0.15) is 14.0 Å². The zero-order valence-corrected chi connectivity index (χ0v) is 10.5. The Balaban J connectivity index is 1.97. The van der Waals surface area contributed by atoms with Crippen LogP contribution in [-0.4, -0.2) is 45.1 Å². The van der Waals surface area contributed by atoms with Crippen LogP contribution in [-0.2, 0) is 6.54 Å². The summed E-state index contributed by atoms with van der Waals surface area (Å²) in [5.41, 5.74) is 0.756. The molecule has 7 nitrogen and oxygen atoms in total. The predicted molar refractivity (Wildman–Crippen MR) is 63.0 cm³/mol. The Morgan fingerprint density at radius 1 is 1.40 bits per heavy atom. The third-order valence-electron chi connectivity index (χ3n) is 2.45. The molecule has 0 unspecified atom stereocenters.